The van der Waals surface area contributed by atoms with Gasteiger partial charge < -0.3 is 4.90 Å². The first-order valence-electron chi connectivity index (χ1n) is 11.9. The monoisotopic (exact) mass is 443 g/mol. The van der Waals surface area contributed by atoms with Crippen molar-refractivity contribution in [2.75, 3.05) is 18.5 Å². The van der Waals surface area contributed by atoms with Gasteiger partial charge in [-0.05, 0) is 55.3 Å². The number of aromatic nitrogens is 3. The zero-order valence-corrected chi connectivity index (χ0v) is 19.8. The molecule has 3 aromatic rings. The van der Waals surface area contributed by atoms with Gasteiger partial charge in [0.15, 0.2) is 0 Å². The van der Waals surface area contributed by atoms with Gasteiger partial charge in [0, 0.05) is 56.7 Å². The Morgan fingerprint density at radius 3 is 2.64 bits per heavy atom. The maximum absolute atomic E-state index is 12.8. The van der Waals surface area contributed by atoms with Crippen LogP contribution in [0.4, 0.5) is 5.95 Å². The summed E-state index contributed by atoms with van der Waals surface area (Å²) in [5, 5.41) is 0. The lowest BCUT2D eigenvalue weighted by Gasteiger charge is -2.46. The SMILES string of the molecule is CN(c1nc(-c2ccncc2)cc(=O)n1C)[C@@H]1CCC2N(Cc3ccccc3)CCC2(C)C1. The van der Waals surface area contributed by atoms with Gasteiger partial charge in [0.05, 0.1) is 5.69 Å². The molecular formula is C27H33N5O. The van der Waals surface area contributed by atoms with Gasteiger partial charge in [-0.25, -0.2) is 4.98 Å². The number of pyridine rings is 1. The first-order chi connectivity index (χ1) is 15.9. The van der Waals surface area contributed by atoms with Crippen molar-refractivity contribution in [3.05, 3.63) is 76.8 Å². The molecule has 2 fully saturated rings. The van der Waals surface area contributed by atoms with Crippen LogP contribution >= 0.6 is 0 Å². The van der Waals surface area contributed by atoms with E-state index in [1.807, 2.05) is 19.2 Å². The third-order valence-corrected chi connectivity index (χ3v) is 7.87. The summed E-state index contributed by atoms with van der Waals surface area (Å²) in [5.74, 6) is 0.737. The zero-order chi connectivity index (χ0) is 23.0. The molecule has 2 aromatic heterocycles. The summed E-state index contributed by atoms with van der Waals surface area (Å²) in [6.45, 7) is 4.65. The van der Waals surface area contributed by atoms with Crippen LogP contribution in [0.2, 0.25) is 0 Å². The predicted molar refractivity (Wildman–Crippen MR) is 132 cm³/mol. The lowest BCUT2D eigenvalue weighted by atomic mass is 9.69. The molecule has 0 radical (unpaired) electrons. The predicted octanol–water partition coefficient (Wildman–Crippen LogP) is 4.11. The highest BCUT2D eigenvalue weighted by Crippen LogP contribution is 2.48. The Balaban J connectivity index is 1.36. The van der Waals surface area contributed by atoms with E-state index in [9.17, 15) is 4.79 Å². The van der Waals surface area contributed by atoms with Crippen molar-refractivity contribution in [1.82, 2.24) is 19.4 Å². The fourth-order valence-electron chi connectivity index (χ4n) is 5.94. The molecule has 2 unspecified atom stereocenters. The molecule has 5 rings (SSSR count). The second-order valence-electron chi connectivity index (χ2n) is 10.00. The van der Waals surface area contributed by atoms with Crippen LogP contribution in [0.5, 0.6) is 0 Å². The Labute approximate surface area is 195 Å². The number of fused-ring (bicyclic) bond motifs is 1. The third kappa shape index (κ3) is 4.20. The summed E-state index contributed by atoms with van der Waals surface area (Å²) in [4.78, 5) is 26.7. The van der Waals surface area contributed by atoms with Gasteiger partial charge in [-0.3, -0.25) is 19.2 Å². The average molecular weight is 444 g/mol. The summed E-state index contributed by atoms with van der Waals surface area (Å²) in [6.07, 6.45) is 8.10. The van der Waals surface area contributed by atoms with Crippen LogP contribution in [0.25, 0.3) is 11.3 Å². The third-order valence-electron chi connectivity index (χ3n) is 7.87. The minimum absolute atomic E-state index is 0.0338. The standard InChI is InChI=1S/C27H33N5O/c1-27-13-16-32(19-20-7-5-4-6-8-20)24(27)10-9-22(18-27)30(2)26-29-23(17-25(33)31(26)3)21-11-14-28-15-12-21/h4-8,11-12,14-15,17,22,24H,9-10,13,16,18-19H2,1-3H3/t22-,24?,27?/m1/s1. The first-order valence-corrected chi connectivity index (χ1v) is 11.9. The Morgan fingerprint density at radius 1 is 1.12 bits per heavy atom. The molecule has 0 N–H and O–H groups in total. The maximum Gasteiger partial charge on any atom is 0.255 e. The van der Waals surface area contributed by atoms with E-state index in [1.165, 1.54) is 18.4 Å². The van der Waals surface area contributed by atoms with Gasteiger partial charge in [0.2, 0.25) is 5.95 Å². The van der Waals surface area contributed by atoms with Crippen molar-refractivity contribution >= 4 is 5.95 Å². The van der Waals surface area contributed by atoms with E-state index >= 15 is 0 Å². The number of nitrogens with zero attached hydrogens (tertiary/aromatic N) is 5. The Kier molecular flexibility index (Phi) is 5.79. The van der Waals surface area contributed by atoms with Crippen LogP contribution in [-0.4, -0.2) is 45.1 Å². The molecule has 0 spiro atoms. The molecule has 1 saturated heterocycles. The highest BCUT2D eigenvalue weighted by molar-refractivity contribution is 5.59. The number of hydrogen-bond acceptors (Lipinski definition) is 5. The number of likely N-dealkylation sites (tertiary alicyclic amines) is 1. The molecule has 1 aliphatic carbocycles. The van der Waals surface area contributed by atoms with Crippen molar-refractivity contribution in [3.8, 4) is 11.3 Å². The van der Waals surface area contributed by atoms with Crippen LogP contribution in [0.15, 0.2) is 65.7 Å². The molecule has 1 aromatic carbocycles. The number of rotatable bonds is 5. The van der Waals surface area contributed by atoms with E-state index in [4.69, 9.17) is 4.98 Å². The van der Waals surface area contributed by atoms with Crippen LogP contribution in [0.1, 0.15) is 38.2 Å². The van der Waals surface area contributed by atoms with E-state index in [0.717, 1.165) is 37.4 Å². The molecule has 2 aliphatic rings. The topological polar surface area (TPSA) is 54.3 Å². The average Bonchev–Trinajstić information content (AvgIpc) is 3.16. The Morgan fingerprint density at radius 2 is 1.88 bits per heavy atom. The summed E-state index contributed by atoms with van der Waals surface area (Å²) in [6, 6.07) is 17.2. The van der Waals surface area contributed by atoms with Crippen LogP contribution in [0, 0.1) is 5.41 Å². The van der Waals surface area contributed by atoms with E-state index in [1.54, 1.807) is 23.0 Å². The second kappa shape index (κ2) is 8.75. The number of anilines is 1. The minimum Gasteiger partial charge on any atom is -0.342 e. The summed E-state index contributed by atoms with van der Waals surface area (Å²) >= 11 is 0. The molecule has 3 atom stereocenters. The van der Waals surface area contributed by atoms with Crippen LogP contribution in [0.3, 0.4) is 0 Å². The Bertz CT molecular complexity index is 1160. The lowest BCUT2D eigenvalue weighted by molar-refractivity contribution is 0.0992. The van der Waals surface area contributed by atoms with Gasteiger partial charge in [0.1, 0.15) is 0 Å². The maximum atomic E-state index is 12.8. The Hall–Kier alpha value is -2.99. The van der Waals surface area contributed by atoms with Gasteiger partial charge in [-0.15, -0.1) is 0 Å². The van der Waals surface area contributed by atoms with Crippen molar-refractivity contribution < 1.29 is 0 Å². The summed E-state index contributed by atoms with van der Waals surface area (Å²) in [5.41, 5.74) is 3.27. The molecule has 1 aliphatic heterocycles. The normalized spacial score (nSPS) is 25.1. The highest BCUT2D eigenvalue weighted by Gasteiger charge is 2.48. The summed E-state index contributed by atoms with van der Waals surface area (Å²) < 4.78 is 1.68. The van der Waals surface area contributed by atoms with Gasteiger partial charge in [0.25, 0.3) is 5.56 Å². The molecule has 172 valence electrons. The smallest absolute Gasteiger partial charge is 0.255 e. The molecule has 0 amide bonds. The van der Waals surface area contributed by atoms with Gasteiger partial charge in [-0.2, -0.15) is 0 Å². The number of benzene rings is 1. The van der Waals surface area contributed by atoms with Crippen molar-refractivity contribution in [3.63, 3.8) is 0 Å². The van der Waals surface area contributed by atoms with Gasteiger partial charge >= 0.3 is 0 Å². The quantitative estimate of drug-likeness (QED) is 0.594. The van der Waals surface area contributed by atoms with E-state index in [-0.39, 0.29) is 11.0 Å². The van der Waals surface area contributed by atoms with Crippen molar-refractivity contribution in [2.45, 2.75) is 51.2 Å². The van der Waals surface area contributed by atoms with Crippen LogP contribution in [-0.2, 0) is 13.6 Å². The zero-order valence-electron chi connectivity index (χ0n) is 19.8. The van der Waals surface area contributed by atoms with Crippen molar-refractivity contribution in [1.29, 1.82) is 0 Å². The molecule has 0 bridgehead atoms. The fourth-order valence-corrected chi connectivity index (χ4v) is 5.94. The highest BCUT2D eigenvalue weighted by atomic mass is 16.1. The first kappa shape index (κ1) is 21.8. The van der Waals surface area contributed by atoms with E-state index in [2.05, 4.69) is 59.1 Å². The molecule has 33 heavy (non-hydrogen) atoms. The summed E-state index contributed by atoms with van der Waals surface area (Å²) in [7, 11) is 3.92. The molecular weight excluding hydrogens is 410 g/mol. The lowest BCUT2D eigenvalue weighted by Crippen LogP contribution is -2.49. The largest absolute Gasteiger partial charge is 0.342 e. The second-order valence-corrected chi connectivity index (χ2v) is 10.00. The van der Waals surface area contributed by atoms with E-state index < -0.39 is 0 Å². The molecule has 6 heteroatoms. The fraction of sp³-hybridized carbons (Fsp3) is 0.444. The van der Waals surface area contributed by atoms with Crippen LogP contribution < -0.4 is 10.5 Å². The van der Waals surface area contributed by atoms with E-state index in [0.29, 0.717) is 17.8 Å². The minimum atomic E-state index is -0.0338. The molecule has 1 saturated carbocycles. The molecule has 3 heterocycles. The number of hydrogen-bond donors (Lipinski definition) is 0. The molecule has 6 nitrogen and oxygen atoms in total. The van der Waals surface area contributed by atoms with Crippen molar-refractivity contribution in [2.24, 2.45) is 12.5 Å². The van der Waals surface area contributed by atoms with Gasteiger partial charge in [-0.1, -0.05) is 37.3 Å².